The van der Waals surface area contributed by atoms with Gasteiger partial charge in [-0.1, -0.05) is 51.9 Å². The minimum absolute atomic E-state index is 0.0290. The summed E-state index contributed by atoms with van der Waals surface area (Å²) in [7, 11) is 0. The van der Waals surface area contributed by atoms with Gasteiger partial charge in [-0.25, -0.2) is 4.99 Å². The smallest absolute Gasteiger partial charge is 0.198 e. The van der Waals surface area contributed by atoms with E-state index >= 15 is 0 Å². The van der Waals surface area contributed by atoms with Gasteiger partial charge in [-0.3, -0.25) is 4.48 Å². The molecule has 0 saturated heterocycles. The number of aliphatic hydroxyl groups excluding tert-OH is 1. The summed E-state index contributed by atoms with van der Waals surface area (Å²) in [6, 6.07) is 0. The van der Waals surface area contributed by atoms with Gasteiger partial charge in [0.25, 0.3) is 0 Å². The highest BCUT2D eigenvalue weighted by Crippen LogP contribution is 2.21. The van der Waals surface area contributed by atoms with E-state index in [-0.39, 0.29) is 13.2 Å². The lowest BCUT2D eigenvalue weighted by atomic mass is 10.1. The van der Waals surface area contributed by atoms with Gasteiger partial charge < -0.3 is 15.0 Å². The van der Waals surface area contributed by atoms with Gasteiger partial charge in [0.1, 0.15) is 13.1 Å². The summed E-state index contributed by atoms with van der Waals surface area (Å²) in [6.07, 6.45) is 12.6. The van der Waals surface area contributed by atoms with Crippen LogP contribution in [-0.2, 0) is 4.79 Å². The monoisotopic (exact) mass is 340 g/mol. The minimum atomic E-state index is -0.996. The molecule has 0 aromatic carbocycles. The average Bonchev–Trinajstić information content (AvgIpc) is 2.92. The molecule has 0 fully saturated rings. The number of aliphatic imine (C=N–C) groups is 1. The highest BCUT2D eigenvalue weighted by Gasteiger charge is 2.37. The topological polar surface area (TPSA) is 72.7 Å². The summed E-state index contributed by atoms with van der Waals surface area (Å²) in [5.41, 5.74) is 0. The lowest BCUT2D eigenvalue weighted by molar-refractivity contribution is -0.831. The SMILES string of the molecule is CCCCCCCCCCC1=NCC[N+]1(CCCCO)CC(=O)[O-]. The van der Waals surface area contributed by atoms with Gasteiger partial charge in [0.05, 0.1) is 19.1 Å². The Balaban J connectivity index is 2.35. The van der Waals surface area contributed by atoms with Crippen LogP contribution in [0.25, 0.3) is 0 Å². The first-order valence-corrected chi connectivity index (χ1v) is 9.85. The first-order chi connectivity index (χ1) is 11.6. The molecule has 0 amide bonds. The van der Waals surface area contributed by atoms with Crippen LogP contribution >= 0.6 is 0 Å². The van der Waals surface area contributed by atoms with Gasteiger partial charge in [-0.2, -0.15) is 0 Å². The number of hydrogen-bond donors (Lipinski definition) is 1. The Morgan fingerprint density at radius 3 is 2.38 bits per heavy atom. The zero-order valence-corrected chi connectivity index (χ0v) is 15.5. The van der Waals surface area contributed by atoms with Crippen molar-refractivity contribution in [2.75, 3.05) is 32.8 Å². The van der Waals surface area contributed by atoms with Crippen molar-refractivity contribution in [3.63, 3.8) is 0 Å². The van der Waals surface area contributed by atoms with Crippen molar-refractivity contribution in [1.82, 2.24) is 0 Å². The zero-order valence-electron chi connectivity index (χ0n) is 15.5. The fourth-order valence-corrected chi connectivity index (χ4v) is 3.65. The molecule has 1 atom stereocenters. The van der Waals surface area contributed by atoms with E-state index in [9.17, 15) is 9.90 Å². The first-order valence-electron chi connectivity index (χ1n) is 9.85. The molecule has 0 aliphatic carbocycles. The molecular weight excluding hydrogens is 304 g/mol. The number of nitrogens with zero attached hydrogens (tertiary/aromatic N) is 2. The second kappa shape index (κ2) is 12.4. The van der Waals surface area contributed by atoms with Crippen LogP contribution in [-0.4, -0.2) is 54.2 Å². The Kier molecular flexibility index (Phi) is 10.9. The molecule has 5 heteroatoms. The van der Waals surface area contributed by atoms with Crippen LogP contribution in [0.4, 0.5) is 0 Å². The molecule has 1 aliphatic rings. The van der Waals surface area contributed by atoms with Gasteiger partial charge in [0, 0.05) is 13.0 Å². The maximum Gasteiger partial charge on any atom is 0.198 e. The van der Waals surface area contributed by atoms with Crippen LogP contribution in [0.15, 0.2) is 4.99 Å². The molecule has 0 aromatic heterocycles. The van der Waals surface area contributed by atoms with Crippen LogP contribution in [0.5, 0.6) is 0 Å². The predicted molar refractivity (Wildman–Crippen MR) is 95.7 cm³/mol. The number of amidine groups is 1. The Labute approximate surface area is 147 Å². The van der Waals surface area contributed by atoms with Crippen LogP contribution in [0.2, 0.25) is 0 Å². The van der Waals surface area contributed by atoms with Crippen molar-refractivity contribution in [3.8, 4) is 0 Å². The van der Waals surface area contributed by atoms with Gasteiger partial charge in [0.2, 0.25) is 0 Å². The summed E-state index contributed by atoms with van der Waals surface area (Å²) < 4.78 is 0.457. The van der Waals surface area contributed by atoms with E-state index in [0.717, 1.165) is 51.2 Å². The maximum atomic E-state index is 11.2. The normalized spacial score (nSPS) is 20.3. The molecule has 5 nitrogen and oxygen atoms in total. The Morgan fingerprint density at radius 1 is 1.08 bits per heavy atom. The van der Waals surface area contributed by atoms with E-state index in [2.05, 4.69) is 11.9 Å². The summed E-state index contributed by atoms with van der Waals surface area (Å²) in [5, 5.41) is 20.2. The quantitative estimate of drug-likeness (QED) is 0.367. The van der Waals surface area contributed by atoms with Crippen LogP contribution in [0, 0.1) is 0 Å². The molecule has 0 bridgehead atoms. The number of unbranched alkanes of at least 4 members (excludes halogenated alkanes) is 8. The fourth-order valence-electron chi connectivity index (χ4n) is 3.65. The molecule has 1 heterocycles. The standard InChI is InChI=1S/C19H36N2O3/c1-2-3-4-5-6-7-8-9-12-18-20-13-15-21(18,17-19(23)24)14-10-11-16-22/h22H,2-17H2,1H3. The van der Waals surface area contributed by atoms with Crippen LogP contribution in [0.1, 0.15) is 77.6 Å². The molecule has 1 aliphatic heterocycles. The first kappa shape index (κ1) is 21.1. The number of aliphatic carboxylic acids is 1. The van der Waals surface area contributed by atoms with Crippen molar-refractivity contribution in [3.05, 3.63) is 0 Å². The fraction of sp³-hybridized carbons (Fsp3) is 0.895. The number of hydrogen-bond acceptors (Lipinski definition) is 4. The molecular formula is C19H36N2O3. The maximum absolute atomic E-state index is 11.2. The van der Waals surface area contributed by atoms with Crippen molar-refractivity contribution < 1.29 is 19.5 Å². The van der Waals surface area contributed by atoms with Gasteiger partial charge in [-0.05, 0) is 19.3 Å². The summed E-state index contributed by atoms with van der Waals surface area (Å²) >= 11 is 0. The van der Waals surface area contributed by atoms with Crippen molar-refractivity contribution in [1.29, 1.82) is 0 Å². The number of quaternary nitrogens is 1. The van der Waals surface area contributed by atoms with Crippen LogP contribution < -0.4 is 5.11 Å². The van der Waals surface area contributed by atoms with Gasteiger partial charge in [0.15, 0.2) is 5.84 Å². The minimum Gasteiger partial charge on any atom is -0.544 e. The van der Waals surface area contributed by atoms with E-state index < -0.39 is 5.97 Å². The third-order valence-electron chi connectivity index (χ3n) is 5.05. The molecule has 0 spiro atoms. The van der Waals surface area contributed by atoms with Crippen LogP contribution in [0.3, 0.4) is 0 Å². The van der Waals surface area contributed by atoms with Crippen molar-refractivity contribution in [2.24, 2.45) is 4.99 Å². The molecule has 24 heavy (non-hydrogen) atoms. The van der Waals surface area contributed by atoms with E-state index in [1.165, 1.54) is 44.9 Å². The third-order valence-corrected chi connectivity index (χ3v) is 5.05. The Bertz CT molecular complexity index is 385. The highest BCUT2D eigenvalue weighted by atomic mass is 16.4. The van der Waals surface area contributed by atoms with E-state index in [4.69, 9.17) is 5.11 Å². The second-order valence-corrected chi connectivity index (χ2v) is 7.08. The largest absolute Gasteiger partial charge is 0.544 e. The van der Waals surface area contributed by atoms with Gasteiger partial charge in [-0.15, -0.1) is 0 Å². The number of carboxylic acids is 1. The number of carbonyl (C=O) groups is 1. The molecule has 0 saturated carbocycles. The Morgan fingerprint density at radius 2 is 1.75 bits per heavy atom. The lowest BCUT2D eigenvalue weighted by Gasteiger charge is -2.35. The number of aliphatic hydroxyl groups is 1. The number of rotatable bonds is 15. The van der Waals surface area contributed by atoms with Gasteiger partial charge >= 0.3 is 0 Å². The molecule has 140 valence electrons. The summed E-state index contributed by atoms with van der Waals surface area (Å²) in [4.78, 5) is 15.8. The molecule has 1 unspecified atom stereocenters. The number of carbonyl (C=O) groups excluding carboxylic acids is 1. The predicted octanol–water partition coefficient (Wildman–Crippen LogP) is 2.27. The number of carboxylic acid groups (broad SMARTS) is 1. The Hall–Kier alpha value is -0.940. The lowest BCUT2D eigenvalue weighted by Crippen LogP contribution is -2.56. The van der Waals surface area contributed by atoms with E-state index in [1.807, 2.05) is 0 Å². The molecule has 1 rings (SSSR count). The third kappa shape index (κ3) is 7.75. The molecule has 0 aromatic rings. The zero-order chi connectivity index (χ0) is 17.7. The molecule has 1 N–H and O–H groups in total. The summed E-state index contributed by atoms with van der Waals surface area (Å²) in [5.74, 6) is 0.0487. The van der Waals surface area contributed by atoms with E-state index in [0.29, 0.717) is 4.48 Å². The second-order valence-electron chi connectivity index (χ2n) is 7.08. The van der Waals surface area contributed by atoms with E-state index in [1.54, 1.807) is 0 Å². The van der Waals surface area contributed by atoms with Crippen molar-refractivity contribution >= 4 is 11.8 Å². The molecule has 0 radical (unpaired) electrons. The highest BCUT2D eigenvalue weighted by molar-refractivity contribution is 5.79. The summed E-state index contributed by atoms with van der Waals surface area (Å²) in [6.45, 7) is 4.67. The average molecular weight is 341 g/mol. The van der Waals surface area contributed by atoms with Crippen molar-refractivity contribution in [2.45, 2.75) is 77.6 Å².